The molecule has 106 valence electrons. The predicted octanol–water partition coefficient (Wildman–Crippen LogP) is 4.51. The normalized spacial score (nSPS) is 10.4. The van der Waals surface area contributed by atoms with Crippen molar-refractivity contribution in [1.29, 1.82) is 0 Å². The summed E-state index contributed by atoms with van der Waals surface area (Å²) in [6.07, 6.45) is 3.56. The van der Waals surface area contributed by atoms with Crippen LogP contribution < -0.4 is 4.90 Å². The number of para-hydroxylation sites is 1. The summed E-state index contributed by atoms with van der Waals surface area (Å²) in [5, 5.41) is 2.06. The molecule has 0 N–H and O–H groups in total. The van der Waals surface area contributed by atoms with Crippen LogP contribution in [0.4, 0.5) is 5.69 Å². The van der Waals surface area contributed by atoms with E-state index >= 15 is 0 Å². The van der Waals surface area contributed by atoms with Crippen molar-refractivity contribution in [3.63, 3.8) is 0 Å². The monoisotopic (exact) mass is 287 g/mol. The Morgan fingerprint density at radius 3 is 2.60 bits per heavy atom. The highest BCUT2D eigenvalue weighted by Gasteiger charge is 2.14. The van der Waals surface area contributed by atoms with Gasteiger partial charge in [-0.25, -0.2) is 0 Å². The van der Waals surface area contributed by atoms with Gasteiger partial charge in [0.05, 0.1) is 0 Å². The lowest BCUT2D eigenvalue weighted by atomic mass is 10.2. The average Bonchev–Trinajstić information content (AvgIpc) is 3.00. The van der Waals surface area contributed by atoms with Crippen LogP contribution in [0.25, 0.3) is 0 Å². The molecule has 0 unspecified atom stereocenters. The van der Waals surface area contributed by atoms with Crippen molar-refractivity contribution in [2.75, 3.05) is 11.4 Å². The number of anilines is 1. The minimum Gasteiger partial charge on any atom is -0.312 e. The van der Waals surface area contributed by atoms with Crippen molar-refractivity contribution in [2.24, 2.45) is 0 Å². The Morgan fingerprint density at radius 1 is 1.15 bits per heavy atom. The van der Waals surface area contributed by atoms with Crippen molar-refractivity contribution in [2.45, 2.75) is 32.6 Å². The Labute approximate surface area is 125 Å². The van der Waals surface area contributed by atoms with Crippen molar-refractivity contribution in [1.82, 2.24) is 0 Å². The Kier molecular flexibility index (Phi) is 5.81. The van der Waals surface area contributed by atoms with E-state index in [0.717, 1.165) is 31.5 Å². The largest absolute Gasteiger partial charge is 0.312 e. The minimum absolute atomic E-state index is 0.220. The van der Waals surface area contributed by atoms with E-state index in [4.69, 9.17) is 0 Å². The summed E-state index contributed by atoms with van der Waals surface area (Å²) in [7, 11) is 0. The number of nitrogens with zero attached hydrogens (tertiary/aromatic N) is 1. The molecule has 1 aromatic heterocycles. The third-order valence-electron chi connectivity index (χ3n) is 3.27. The zero-order valence-electron chi connectivity index (χ0n) is 11.9. The molecule has 0 aliphatic rings. The third-order valence-corrected chi connectivity index (χ3v) is 4.21. The first-order chi connectivity index (χ1) is 9.81. The van der Waals surface area contributed by atoms with Gasteiger partial charge in [-0.05, 0) is 36.4 Å². The van der Waals surface area contributed by atoms with Crippen LogP contribution in [0.2, 0.25) is 0 Å². The van der Waals surface area contributed by atoms with Crippen LogP contribution in [0.3, 0.4) is 0 Å². The standard InChI is InChI=1S/C17H21NOS/c1-2-3-13-18(15-8-5-4-6-9-15)17(19)12-11-16-10-7-14-20-16/h4-10,14H,2-3,11-13H2,1H3. The molecule has 1 amide bonds. The van der Waals surface area contributed by atoms with Crippen LogP contribution in [-0.4, -0.2) is 12.5 Å². The maximum Gasteiger partial charge on any atom is 0.227 e. The van der Waals surface area contributed by atoms with Crippen molar-refractivity contribution in [3.8, 4) is 0 Å². The van der Waals surface area contributed by atoms with Crippen molar-refractivity contribution < 1.29 is 4.79 Å². The van der Waals surface area contributed by atoms with E-state index in [1.807, 2.05) is 41.3 Å². The average molecular weight is 287 g/mol. The molecular weight excluding hydrogens is 266 g/mol. The smallest absolute Gasteiger partial charge is 0.227 e. The van der Waals surface area contributed by atoms with Gasteiger partial charge in [0.15, 0.2) is 0 Å². The van der Waals surface area contributed by atoms with Crippen LogP contribution >= 0.6 is 11.3 Å². The first-order valence-electron chi connectivity index (χ1n) is 7.19. The van der Waals surface area contributed by atoms with E-state index in [1.54, 1.807) is 11.3 Å². The molecule has 0 aliphatic heterocycles. The van der Waals surface area contributed by atoms with E-state index < -0.39 is 0 Å². The van der Waals surface area contributed by atoms with Crippen LogP contribution in [0.1, 0.15) is 31.1 Å². The number of thiophene rings is 1. The fourth-order valence-corrected chi connectivity index (χ4v) is 2.85. The summed E-state index contributed by atoms with van der Waals surface area (Å²) in [5.74, 6) is 0.220. The molecule has 1 heterocycles. The van der Waals surface area contributed by atoms with Gasteiger partial charge in [-0.2, -0.15) is 0 Å². The number of carbonyl (C=O) groups excluding carboxylic acids is 1. The van der Waals surface area contributed by atoms with E-state index in [1.165, 1.54) is 4.88 Å². The Bertz CT molecular complexity index is 507. The summed E-state index contributed by atoms with van der Waals surface area (Å²) in [6.45, 7) is 2.96. The second kappa shape index (κ2) is 7.85. The van der Waals surface area contributed by atoms with Gasteiger partial charge in [-0.1, -0.05) is 37.6 Å². The maximum atomic E-state index is 12.5. The Morgan fingerprint density at radius 2 is 1.95 bits per heavy atom. The fraction of sp³-hybridized carbons (Fsp3) is 0.353. The number of benzene rings is 1. The molecule has 20 heavy (non-hydrogen) atoms. The summed E-state index contributed by atoms with van der Waals surface area (Å²) in [4.78, 5) is 15.7. The number of hydrogen-bond acceptors (Lipinski definition) is 2. The topological polar surface area (TPSA) is 20.3 Å². The van der Waals surface area contributed by atoms with Gasteiger partial charge in [-0.15, -0.1) is 11.3 Å². The highest BCUT2D eigenvalue weighted by Crippen LogP contribution is 2.17. The SMILES string of the molecule is CCCCN(C(=O)CCc1cccs1)c1ccccc1. The zero-order valence-corrected chi connectivity index (χ0v) is 12.7. The molecule has 2 nitrogen and oxygen atoms in total. The number of amides is 1. The lowest BCUT2D eigenvalue weighted by molar-refractivity contribution is -0.118. The van der Waals surface area contributed by atoms with E-state index in [-0.39, 0.29) is 5.91 Å². The molecule has 3 heteroatoms. The molecule has 0 radical (unpaired) electrons. The zero-order chi connectivity index (χ0) is 14.2. The van der Waals surface area contributed by atoms with E-state index in [0.29, 0.717) is 6.42 Å². The second-order valence-electron chi connectivity index (χ2n) is 4.81. The van der Waals surface area contributed by atoms with Gasteiger partial charge in [0.25, 0.3) is 0 Å². The third kappa shape index (κ3) is 4.20. The molecule has 0 bridgehead atoms. The summed E-state index contributed by atoms with van der Waals surface area (Å²) in [6, 6.07) is 14.1. The lowest BCUT2D eigenvalue weighted by Crippen LogP contribution is -2.32. The molecule has 0 saturated heterocycles. The van der Waals surface area contributed by atoms with Crippen molar-refractivity contribution >= 4 is 22.9 Å². The van der Waals surface area contributed by atoms with Crippen LogP contribution in [-0.2, 0) is 11.2 Å². The van der Waals surface area contributed by atoms with E-state index in [2.05, 4.69) is 18.4 Å². The van der Waals surface area contributed by atoms with Gasteiger partial charge in [0.2, 0.25) is 5.91 Å². The van der Waals surface area contributed by atoms with Gasteiger partial charge >= 0.3 is 0 Å². The minimum atomic E-state index is 0.220. The highest BCUT2D eigenvalue weighted by atomic mass is 32.1. The maximum absolute atomic E-state index is 12.5. The predicted molar refractivity (Wildman–Crippen MR) is 86.3 cm³/mol. The quantitative estimate of drug-likeness (QED) is 0.733. The molecule has 2 aromatic rings. The van der Waals surface area contributed by atoms with Crippen LogP contribution in [0, 0.1) is 0 Å². The molecule has 0 saturated carbocycles. The number of rotatable bonds is 7. The van der Waals surface area contributed by atoms with E-state index in [9.17, 15) is 4.79 Å². The molecule has 0 fully saturated rings. The summed E-state index contributed by atoms with van der Waals surface area (Å²) < 4.78 is 0. The summed E-state index contributed by atoms with van der Waals surface area (Å²) in [5.41, 5.74) is 1.01. The highest BCUT2D eigenvalue weighted by molar-refractivity contribution is 7.09. The lowest BCUT2D eigenvalue weighted by Gasteiger charge is -2.22. The number of carbonyl (C=O) groups is 1. The Balaban J connectivity index is 2.00. The summed E-state index contributed by atoms with van der Waals surface area (Å²) >= 11 is 1.72. The number of aryl methyl sites for hydroxylation is 1. The van der Waals surface area contributed by atoms with Gasteiger partial charge < -0.3 is 4.90 Å². The molecule has 2 rings (SSSR count). The molecule has 0 aliphatic carbocycles. The molecule has 0 spiro atoms. The van der Waals surface area contributed by atoms with Crippen LogP contribution in [0.5, 0.6) is 0 Å². The van der Waals surface area contributed by atoms with Gasteiger partial charge in [0, 0.05) is 23.5 Å². The number of unbranched alkanes of at least 4 members (excludes halogenated alkanes) is 1. The number of hydrogen-bond donors (Lipinski definition) is 0. The first kappa shape index (κ1) is 14.8. The Hall–Kier alpha value is -1.61. The van der Waals surface area contributed by atoms with Gasteiger partial charge in [-0.3, -0.25) is 4.79 Å². The molecular formula is C17H21NOS. The molecule has 1 aromatic carbocycles. The first-order valence-corrected chi connectivity index (χ1v) is 8.07. The van der Waals surface area contributed by atoms with Crippen LogP contribution in [0.15, 0.2) is 47.8 Å². The second-order valence-corrected chi connectivity index (χ2v) is 5.85. The fourth-order valence-electron chi connectivity index (χ4n) is 2.14. The van der Waals surface area contributed by atoms with Gasteiger partial charge in [0.1, 0.15) is 0 Å². The van der Waals surface area contributed by atoms with Crippen molar-refractivity contribution in [3.05, 3.63) is 52.7 Å². The molecule has 0 atom stereocenters.